The molecule has 5 rings (SSSR count). The van der Waals surface area contributed by atoms with Crippen molar-refractivity contribution in [1.29, 1.82) is 0 Å². The highest BCUT2D eigenvalue weighted by atomic mass is 35.5. The van der Waals surface area contributed by atoms with E-state index in [1.165, 1.54) is 12.0 Å². The average Bonchev–Trinajstić information content (AvgIpc) is 3.48. The van der Waals surface area contributed by atoms with Gasteiger partial charge in [-0.15, -0.1) is 0 Å². The lowest BCUT2D eigenvalue weighted by Gasteiger charge is -2.39. The van der Waals surface area contributed by atoms with E-state index in [0.29, 0.717) is 17.3 Å². The summed E-state index contributed by atoms with van der Waals surface area (Å²) in [5.41, 5.74) is 0.470. The summed E-state index contributed by atoms with van der Waals surface area (Å²) in [5.74, 6) is -0.502. The van der Waals surface area contributed by atoms with E-state index in [-0.39, 0.29) is 29.0 Å². The number of halogens is 2. The number of carbonyl (C=O) groups excluding carboxylic acids is 1. The predicted octanol–water partition coefficient (Wildman–Crippen LogP) is 4.70. The summed E-state index contributed by atoms with van der Waals surface area (Å²) in [4.78, 5) is 31.0. The summed E-state index contributed by atoms with van der Waals surface area (Å²) in [6, 6.07) is 0.611. The first-order valence-corrected chi connectivity index (χ1v) is 14.6. The van der Waals surface area contributed by atoms with Gasteiger partial charge >= 0.3 is 6.03 Å². The van der Waals surface area contributed by atoms with Crippen molar-refractivity contribution in [3.8, 4) is 11.5 Å². The number of piperazine rings is 1. The fraction of sp³-hybridized carbons (Fsp3) is 0.607. The van der Waals surface area contributed by atoms with Crippen LogP contribution in [0.4, 0.5) is 26.6 Å². The molecule has 12 heteroatoms. The molecule has 40 heavy (non-hydrogen) atoms. The lowest BCUT2D eigenvalue weighted by Crippen LogP contribution is -2.52. The van der Waals surface area contributed by atoms with Crippen LogP contribution in [0.3, 0.4) is 0 Å². The molecule has 1 saturated heterocycles. The van der Waals surface area contributed by atoms with E-state index in [1.807, 2.05) is 0 Å². The fourth-order valence-corrected chi connectivity index (χ4v) is 6.12. The molecule has 1 aliphatic carbocycles. The number of nitrogens with one attached hydrogen (secondary N) is 1. The van der Waals surface area contributed by atoms with Gasteiger partial charge in [0.05, 0.1) is 13.7 Å². The summed E-state index contributed by atoms with van der Waals surface area (Å²) < 4.78 is 20.4. The number of hydrogen-bond donors (Lipinski definition) is 2. The van der Waals surface area contributed by atoms with Gasteiger partial charge in [-0.25, -0.2) is 14.2 Å². The van der Waals surface area contributed by atoms with Crippen molar-refractivity contribution in [2.75, 3.05) is 68.5 Å². The second-order valence-electron chi connectivity index (χ2n) is 10.9. The number of phenolic OH excluding ortho intramolecular Hbond substituents is 1. The molecule has 3 heterocycles. The number of aromatic hydroxyl groups is 1. The van der Waals surface area contributed by atoms with Gasteiger partial charge in [-0.3, -0.25) is 9.80 Å². The summed E-state index contributed by atoms with van der Waals surface area (Å²) >= 11 is 6.45. The fourth-order valence-electron chi connectivity index (χ4n) is 5.81. The van der Waals surface area contributed by atoms with E-state index in [2.05, 4.69) is 27.1 Å². The number of rotatable bonds is 10. The zero-order valence-electron chi connectivity index (χ0n) is 23.3. The van der Waals surface area contributed by atoms with Crippen molar-refractivity contribution in [2.45, 2.75) is 57.5 Å². The van der Waals surface area contributed by atoms with Crippen LogP contribution in [0.25, 0.3) is 0 Å². The van der Waals surface area contributed by atoms with Crippen LogP contribution in [0.1, 0.15) is 50.5 Å². The Morgan fingerprint density at radius 3 is 2.65 bits per heavy atom. The molecular formula is C28H39ClFN7O3. The normalized spacial score (nSPS) is 18.9. The number of aromatic nitrogens is 2. The highest BCUT2D eigenvalue weighted by molar-refractivity contribution is 6.35. The number of hydrogen-bond acceptors (Lipinski definition) is 8. The number of phenols is 1. The molecule has 2 aromatic rings. The average molecular weight is 576 g/mol. The van der Waals surface area contributed by atoms with E-state index >= 15 is 4.39 Å². The molecule has 2 aliphatic heterocycles. The molecule has 2 fully saturated rings. The molecular weight excluding hydrogens is 537 g/mol. The second-order valence-corrected chi connectivity index (χ2v) is 11.3. The van der Waals surface area contributed by atoms with E-state index in [4.69, 9.17) is 21.3 Å². The predicted molar refractivity (Wildman–Crippen MR) is 154 cm³/mol. The molecule has 0 bridgehead atoms. The van der Waals surface area contributed by atoms with Gasteiger partial charge in [0, 0.05) is 56.6 Å². The third kappa shape index (κ3) is 6.06. The van der Waals surface area contributed by atoms with Gasteiger partial charge in [-0.2, -0.15) is 4.98 Å². The van der Waals surface area contributed by atoms with Crippen LogP contribution in [-0.2, 0) is 6.54 Å². The molecule has 1 aromatic carbocycles. The van der Waals surface area contributed by atoms with Crippen LogP contribution < -0.4 is 19.9 Å². The Kier molecular flexibility index (Phi) is 9.12. The lowest BCUT2D eigenvalue weighted by molar-refractivity contribution is 0.152. The Hall–Kier alpha value is -2.89. The number of ether oxygens (including phenoxy) is 1. The van der Waals surface area contributed by atoms with E-state index in [9.17, 15) is 9.90 Å². The Balaban J connectivity index is 1.28. The van der Waals surface area contributed by atoms with Crippen molar-refractivity contribution in [2.24, 2.45) is 0 Å². The molecule has 2 amide bonds. The van der Waals surface area contributed by atoms with Gasteiger partial charge in [0.2, 0.25) is 5.95 Å². The number of nitrogens with zero attached hydrogens (tertiary/aromatic N) is 6. The third-order valence-electron chi connectivity index (χ3n) is 8.17. The van der Waals surface area contributed by atoms with Crippen LogP contribution in [0.5, 0.6) is 11.5 Å². The number of benzene rings is 1. The minimum Gasteiger partial charge on any atom is -0.505 e. The van der Waals surface area contributed by atoms with Gasteiger partial charge < -0.3 is 25.0 Å². The van der Waals surface area contributed by atoms with E-state index < -0.39 is 17.6 Å². The Labute approximate surface area is 240 Å². The smallest absolute Gasteiger partial charge is 0.330 e. The number of likely N-dealkylation sites (N-methyl/N-ethyl adjacent to an activating group) is 1. The zero-order chi connectivity index (χ0) is 28.2. The Morgan fingerprint density at radius 2 is 1.93 bits per heavy atom. The van der Waals surface area contributed by atoms with Crippen LogP contribution >= 0.6 is 11.6 Å². The maximum absolute atomic E-state index is 15.2. The lowest BCUT2D eigenvalue weighted by atomic mass is 10.1. The maximum Gasteiger partial charge on any atom is 0.330 e. The monoisotopic (exact) mass is 575 g/mol. The van der Waals surface area contributed by atoms with Gasteiger partial charge in [0.15, 0.2) is 11.6 Å². The zero-order valence-corrected chi connectivity index (χ0v) is 24.1. The number of unbranched alkanes of at least 4 members (excludes halogenated alkanes) is 2. The number of fused-ring (bicyclic) bond motifs is 1. The molecule has 218 valence electrons. The summed E-state index contributed by atoms with van der Waals surface area (Å²) in [7, 11) is 3.54. The third-order valence-corrected chi connectivity index (χ3v) is 8.54. The van der Waals surface area contributed by atoms with Crippen molar-refractivity contribution < 1.29 is 19.0 Å². The quantitative estimate of drug-likeness (QED) is 0.394. The van der Waals surface area contributed by atoms with Crippen molar-refractivity contribution in [3.05, 3.63) is 28.7 Å². The van der Waals surface area contributed by atoms with Crippen molar-refractivity contribution in [1.82, 2.24) is 19.8 Å². The van der Waals surface area contributed by atoms with Gasteiger partial charge in [0.1, 0.15) is 22.3 Å². The Morgan fingerprint density at radius 1 is 1.18 bits per heavy atom. The van der Waals surface area contributed by atoms with Crippen LogP contribution in [0.2, 0.25) is 5.02 Å². The second kappa shape index (κ2) is 12.7. The van der Waals surface area contributed by atoms with E-state index in [1.54, 1.807) is 11.1 Å². The molecule has 2 N–H and O–H groups in total. The highest BCUT2D eigenvalue weighted by Gasteiger charge is 2.40. The molecule has 0 unspecified atom stereocenters. The summed E-state index contributed by atoms with van der Waals surface area (Å²) in [6.45, 7) is 6.46. The molecule has 1 saturated carbocycles. The molecule has 1 aromatic heterocycles. The topological polar surface area (TPSA) is 97.3 Å². The number of methoxy groups -OCH3 is 1. The largest absolute Gasteiger partial charge is 0.505 e. The molecule has 10 nitrogen and oxygen atoms in total. The standard InChI is InChI=1S/C28H39ClFN7O3/c1-34-12-14-35(15-13-34)11-7-3-6-10-31-27-32-17-19-18-36(25-23(29)22(40-2)16-21(38)24(25)30)28(39)37(26(19)33-27)20-8-4-5-9-20/h16-17,20,38H,3-15,18H2,1-2H3,(H,31,32,33). The van der Waals surface area contributed by atoms with Crippen LogP contribution in [0.15, 0.2) is 12.3 Å². The van der Waals surface area contributed by atoms with Crippen molar-refractivity contribution >= 4 is 35.1 Å². The molecule has 0 atom stereocenters. The first-order valence-electron chi connectivity index (χ1n) is 14.2. The van der Waals surface area contributed by atoms with E-state index in [0.717, 1.165) is 90.3 Å². The highest BCUT2D eigenvalue weighted by Crippen LogP contribution is 2.45. The van der Waals surface area contributed by atoms with Crippen LogP contribution in [-0.4, -0.2) is 90.4 Å². The minimum absolute atomic E-state index is 0.0210. The van der Waals surface area contributed by atoms with Gasteiger partial charge in [-0.1, -0.05) is 30.9 Å². The number of amides is 2. The number of anilines is 3. The maximum atomic E-state index is 15.2. The summed E-state index contributed by atoms with van der Waals surface area (Å²) in [5, 5.41) is 13.4. The molecule has 0 radical (unpaired) electrons. The van der Waals surface area contributed by atoms with Gasteiger partial charge in [-0.05, 0) is 39.3 Å². The first kappa shape index (κ1) is 28.6. The first-order chi connectivity index (χ1) is 19.4. The van der Waals surface area contributed by atoms with Crippen LogP contribution in [0, 0.1) is 5.82 Å². The minimum atomic E-state index is -0.971. The molecule has 3 aliphatic rings. The summed E-state index contributed by atoms with van der Waals surface area (Å²) in [6.07, 6.45) is 8.64. The van der Waals surface area contributed by atoms with Crippen molar-refractivity contribution in [3.63, 3.8) is 0 Å². The molecule has 0 spiro atoms. The number of urea groups is 1. The SMILES string of the molecule is COc1cc(O)c(F)c(N2Cc3cnc(NCCCCCN4CCN(C)CC4)nc3N(C3CCCC3)C2=O)c1Cl. The van der Waals surface area contributed by atoms with Gasteiger partial charge in [0.25, 0.3) is 0 Å². The number of carbonyl (C=O) groups is 1. The Bertz CT molecular complexity index is 1200.